The van der Waals surface area contributed by atoms with Crippen molar-refractivity contribution >= 4 is 23.0 Å². The fourth-order valence-corrected chi connectivity index (χ4v) is 3.12. The van der Waals surface area contributed by atoms with E-state index >= 15 is 0 Å². The summed E-state index contributed by atoms with van der Waals surface area (Å²) < 4.78 is 5.73. The number of thiocarbonyl (C=S) groups is 1. The quantitative estimate of drug-likeness (QED) is 0.667. The van der Waals surface area contributed by atoms with Crippen LogP contribution in [0, 0.1) is 13.8 Å². The van der Waals surface area contributed by atoms with Gasteiger partial charge in [0.1, 0.15) is 5.75 Å². The van der Waals surface area contributed by atoms with E-state index in [1.54, 1.807) is 0 Å². The van der Waals surface area contributed by atoms with Crippen LogP contribution in [0.5, 0.6) is 5.75 Å². The van der Waals surface area contributed by atoms with E-state index in [2.05, 4.69) is 49.6 Å². The van der Waals surface area contributed by atoms with Crippen molar-refractivity contribution in [3.05, 3.63) is 59.2 Å². The number of ether oxygens (including phenoxy) is 1. The van der Waals surface area contributed by atoms with Gasteiger partial charge in [0.15, 0.2) is 5.11 Å². The second kappa shape index (κ2) is 8.86. The summed E-state index contributed by atoms with van der Waals surface area (Å²) in [6.45, 7) is 10.5. The number of anilines is 1. The van der Waals surface area contributed by atoms with Crippen molar-refractivity contribution in [2.45, 2.75) is 53.2 Å². The Bertz CT molecular complexity index is 728. The van der Waals surface area contributed by atoms with E-state index in [1.807, 2.05) is 38.1 Å². The molecule has 0 unspecified atom stereocenters. The maximum atomic E-state index is 5.73. The summed E-state index contributed by atoms with van der Waals surface area (Å²) >= 11 is 5.52. The second-order valence-corrected chi connectivity index (χ2v) is 7.02. The normalized spacial score (nSPS) is 11.9. The summed E-state index contributed by atoms with van der Waals surface area (Å²) in [7, 11) is 0. The number of nitrogens with one attached hydrogen (secondary N) is 2. The maximum Gasteiger partial charge on any atom is 0.171 e. The van der Waals surface area contributed by atoms with Crippen molar-refractivity contribution in [1.29, 1.82) is 0 Å². The first kappa shape index (κ1) is 19.3. The standard InChI is InChI=1S/C21H28N2OS/c1-6-20(19-11-10-15(4)12-16(19)5)23-21(25)22-17-8-7-9-18(13-17)24-14(2)3/h7-14,20H,6H2,1-5H3,(H2,22,23,25)/t20-/m1/s1. The number of hydrogen-bond donors (Lipinski definition) is 2. The molecule has 0 fully saturated rings. The molecular weight excluding hydrogens is 328 g/mol. The first-order valence-electron chi connectivity index (χ1n) is 8.80. The minimum atomic E-state index is 0.148. The van der Waals surface area contributed by atoms with Crippen molar-refractivity contribution in [3.8, 4) is 5.75 Å². The second-order valence-electron chi connectivity index (χ2n) is 6.61. The highest BCUT2D eigenvalue weighted by Crippen LogP contribution is 2.23. The zero-order valence-electron chi connectivity index (χ0n) is 15.7. The fourth-order valence-electron chi connectivity index (χ4n) is 2.86. The van der Waals surface area contributed by atoms with E-state index < -0.39 is 0 Å². The van der Waals surface area contributed by atoms with E-state index in [-0.39, 0.29) is 12.1 Å². The summed E-state index contributed by atoms with van der Waals surface area (Å²) in [4.78, 5) is 0. The molecule has 0 spiro atoms. The van der Waals surface area contributed by atoms with Gasteiger partial charge in [0, 0.05) is 11.8 Å². The molecule has 0 saturated heterocycles. The zero-order valence-corrected chi connectivity index (χ0v) is 16.5. The molecule has 0 aliphatic rings. The third-order valence-corrected chi connectivity index (χ3v) is 4.20. The van der Waals surface area contributed by atoms with Gasteiger partial charge >= 0.3 is 0 Å². The molecule has 2 aromatic carbocycles. The van der Waals surface area contributed by atoms with E-state index in [1.165, 1.54) is 16.7 Å². The molecule has 0 saturated carbocycles. The monoisotopic (exact) mass is 356 g/mol. The van der Waals surface area contributed by atoms with E-state index in [9.17, 15) is 0 Å². The lowest BCUT2D eigenvalue weighted by molar-refractivity contribution is 0.242. The number of hydrogen-bond acceptors (Lipinski definition) is 2. The maximum absolute atomic E-state index is 5.73. The Balaban J connectivity index is 2.05. The van der Waals surface area contributed by atoms with Crippen LogP contribution < -0.4 is 15.4 Å². The minimum absolute atomic E-state index is 0.148. The van der Waals surface area contributed by atoms with Gasteiger partial charge in [-0.3, -0.25) is 0 Å². The Morgan fingerprint density at radius 2 is 1.88 bits per heavy atom. The fraction of sp³-hybridized carbons (Fsp3) is 0.381. The van der Waals surface area contributed by atoms with Crippen LogP contribution in [-0.2, 0) is 0 Å². The molecule has 0 bridgehead atoms. The third-order valence-electron chi connectivity index (χ3n) is 3.98. The van der Waals surface area contributed by atoms with Crippen LogP contribution in [0.25, 0.3) is 0 Å². The number of aryl methyl sites for hydroxylation is 2. The van der Waals surface area contributed by atoms with Gasteiger partial charge in [-0.25, -0.2) is 0 Å². The Morgan fingerprint density at radius 3 is 2.52 bits per heavy atom. The zero-order chi connectivity index (χ0) is 18.4. The highest BCUT2D eigenvalue weighted by Gasteiger charge is 2.13. The van der Waals surface area contributed by atoms with Gasteiger partial charge < -0.3 is 15.4 Å². The Hall–Kier alpha value is -2.07. The van der Waals surface area contributed by atoms with Gasteiger partial charge in [-0.1, -0.05) is 36.8 Å². The highest BCUT2D eigenvalue weighted by atomic mass is 32.1. The first-order chi connectivity index (χ1) is 11.9. The molecule has 3 nitrogen and oxygen atoms in total. The van der Waals surface area contributed by atoms with Gasteiger partial charge in [-0.15, -0.1) is 0 Å². The molecule has 1 atom stereocenters. The van der Waals surface area contributed by atoms with E-state index in [4.69, 9.17) is 17.0 Å². The van der Waals surface area contributed by atoms with Crippen molar-refractivity contribution in [1.82, 2.24) is 5.32 Å². The van der Waals surface area contributed by atoms with Crippen LogP contribution in [0.2, 0.25) is 0 Å². The van der Waals surface area contributed by atoms with Crippen molar-refractivity contribution in [2.24, 2.45) is 0 Å². The molecule has 0 aromatic heterocycles. The lowest BCUT2D eigenvalue weighted by atomic mass is 9.98. The molecule has 25 heavy (non-hydrogen) atoms. The molecule has 0 heterocycles. The lowest BCUT2D eigenvalue weighted by Gasteiger charge is -2.22. The molecule has 2 rings (SSSR count). The molecule has 0 aliphatic carbocycles. The summed E-state index contributed by atoms with van der Waals surface area (Å²) in [5.41, 5.74) is 4.77. The molecule has 2 aromatic rings. The minimum Gasteiger partial charge on any atom is -0.491 e. The van der Waals surface area contributed by atoms with Crippen LogP contribution in [0.15, 0.2) is 42.5 Å². The summed E-state index contributed by atoms with van der Waals surface area (Å²) in [6, 6.07) is 14.6. The van der Waals surface area contributed by atoms with Gasteiger partial charge in [0.2, 0.25) is 0 Å². The summed E-state index contributed by atoms with van der Waals surface area (Å²) in [5.74, 6) is 0.837. The third kappa shape index (κ3) is 5.75. The van der Waals surface area contributed by atoms with Gasteiger partial charge in [0.05, 0.1) is 12.1 Å². The molecule has 0 radical (unpaired) electrons. The number of rotatable bonds is 6. The first-order valence-corrected chi connectivity index (χ1v) is 9.21. The van der Waals surface area contributed by atoms with Crippen molar-refractivity contribution in [2.75, 3.05) is 5.32 Å². The smallest absolute Gasteiger partial charge is 0.171 e. The van der Waals surface area contributed by atoms with E-state index in [0.29, 0.717) is 5.11 Å². The molecule has 134 valence electrons. The predicted molar refractivity (Wildman–Crippen MR) is 111 cm³/mol. The van der Waals surface area contributed by atoms with Crippen LogP contribution in [0.4, 0.5) is 5.69 Å². The van der Waals surface area contributed by atoms with Crippen LogP contribution in [0.1, 0.15) is 49.9 Å². The Kier molecular flexibility index (Phi) is 6.82. The molecule has 2 N–H and O–H groups in total. The van der Waals surface area contributed by atoms with Gasteiger partial charge in [-0.05, 0) is 69.6 Å². The molecule has 0 amide bonds. The topological polar surface area (TPSA) is 33.3 Å². The average Bonchev–Trinajstić information content (AvgIpc) is 2.53. The largest absolute Gasteiger partial charge is 0.491 e. The van der Waals surface area contributed by atoms with E-state index in [0.717, 1.165) is 17.9 Å². The molecule has 0 aliphatic heterocycles. The summed E-state index contributed by atoms with van der Waals surface area (Å²) in [5, 5.41) is 7.31. The number of benzene rings is 2. The lowest BCUT2D eigenvalue weighted by Crippen LogP contribution is -2.32. The highest BCUT2D eigenvalue weighted by molar-refractivity contribution is 7.80. The predicted octanol–water partition coefficient (Wildman–Crippen LogP) is 5.53. The molecule has 4 heteroatoms. The van der Waals surface area contributed by atoms with Crippen molar-refractivity contribution < 1.29 is 4.74 Å². The van der Waals surface area contributed by atoms with Crippen LogP contribution >= 0.6 is 12.2 Å². The van der Waals surface area contributed by atoms with Crippen LogP contribution in [-0.4, -0.2) is 11.2 Å². The summed E-state index contributed by atoms with van der Waals surface area (Å²) in [6.07, 6.45) is 1.11. The van der Waals surface area contributed by atoms with Gasteiger partial charge in [0.25, 0.3) is 0 Å². The SMILES string of the molecule is CC[C@@H](NC(=S)Nc1cccc(OC(C)C)c1)c1ccc(C)cc1C. The Morgan fingerprint density at radius 1 is 1.12 bits per heavy atom. The molecular formula is C21H28N2OS. The van der Waals surface area contributed by atoms with Gasteiger partial charge in [-0.2, -0.15) is 0 Å². The Labute approximate surface area is 156 Å². The average molecular weight is 357 g/mol. The van der Waals surface area contributed by atoms with Crippen molar-refractivity contribution in [3.63, 3.8) is 0 Å². The van der Waals surface area contributed by atoms with Crippen LogP contribution in [0.3, 0.4) is 0 Å².